The van der Waals surface area contributed by atoms with Gasteiger partial charge in [-0.3, -0.25) is 14.4 Å². The van der Waals surface area contributed by atoms with Crippen LogP contribution in [0.1, 0.15) is 52.9 Å². The molecule has 0 bridgehead atoms. The summed E-state index contributed by atoms with van der Waals surface area (Å²) in [5.74, 6) is -0.601. The predicted molar refractivity (Wildman–Crippen MR) is 87.0 cm³/mol. The number of carbonyl (C=O) groups is 3. The first-order valence-electron chi connectivity index (χ1n) is 8.94. The number of Topliss-reactive ketones (excluding diaryl/α,β-unsaturated/α-hetero) is 2. The highest BCUT2D eigenvalue weighted by Gasteiger charge is 2.65. The Labute approximate surface area is 143 Å². The summed E-state index contributed by atoms with van der Waals surface area (Å²) in [6, 6.07) is 0. The van der Waals surface area contributed by atoms with Crippen LogP contribution in [0.2, 0.25) is 0 Å². The van der Waals surface area contributed by atoms with E-state index in [1.54, 1.807) is 6.92 Å². The standard InChI is InChI=1S/C19H28O5/c1-10-5-13-12(14(21)6-10)7-15(22)16-18(13,2)8-11(20)9-19(16,3)17(23)24-4/h10,12-14,16,21H,5-9H2,1-4H3/t10?,12-,13+,14+,16+,18+,19+/m0/s1. The van der Waals surface area contributed by atoms with E-state index >= 15 is 0 Å². The second-order valence-electron chi connectivity index (χ2n) is 8.82. The Morgan fingerprint density at radius 2 is 1.88 bits per heavy atom. The molecule has 24 heavy (non-hydrogen) atoms. The zero-order valence-electron chi connectivity index (χ0n) is 15.0. The van der Waals surface area contributed by atoms with Crippen molar-refractivity contribution in [2.75, 3.05) is 7.11 Å². The molecule has 1 unspecified atom stereocenters. The van der Waals surface area contributed by atoms with Crippen LogP contribution in [0.4, 0.5) is 0 Å². The van der Waals surface area contributed by atoms with Gasteiger partial charge in [-0.15, -0.1) is 0 Å². The Balaban J connectivity index is 2.09. The zero-order chi connectivity index (χ0) is 17.9. The van der Waals surface area contributed by atoms with Crippen molar-refractivity contribution in [1.29, 1.82) is 0 Å². The maximum absolute atomic E-state index is 13.0. The topological polar surface area (TPSA) is 80.7 Å². The fourth-order valence-corrected chi connectivity index (χ4v) is 6.27. The number of aliphatic hydroxyl groups excluding tert-OH is 1. The van der Waals surface area contributed by atoms with Crippen LogP contribution in [0.3, 0.4) is 0 Å². The minimum atomic E-state index is -1.09. The molecule has 0 aromatic heterocycles. The summed E-state index contributed by atoms with van der Waals surface area (Å²) >= 11 is 0. The van der Waals surface area contributed by atoms with Gasteiger partial charge in [0.05, 0.1) is 18.6 Å². The Kier molecular flexibility index (Phi) is 4.14. The molecule has 0 aromatic carbocycles. The first-order chi connectivity index (χ1) is 11.1. The molecule has 3 fully saturated rings. The van der Waals surface area contributed by atoms with Crippen molar-refractivity contribution < 1.29 is 24.2 Å². The Bertz CT molecular complexity index is 584. The molecule has 134 valence electrons. The Morgan fingerprint density at radius 1 is 1.21 bits per heavy atom. The Morgan fingerprint density at radius 3 is 2.50 bits per heavy atom. The van der Waals surface area contributed by atoms with Crippen molar-refractivity contribution in [2.24, 2.45) is 34.5 Å². The molecular formula is C19H28O5. The van der Waals surface area contributed by atoms with Gasteiger partial charge in [-0.1, -0.05) is 13.8 Å². The summed E-state index contributed by atoms with van der Waals surface area (Å²) in [6.07, 6.45) is 1.79. The molecule has 1 N–H and O–H groups in total. The van der Waals surface area contributed by atoms with Gasteiger partial charge in [0.1, 0.15) is 11.6 Å². The number of hydrogen-bond donors (Lipinski definition) is 1. The molecule has 3 aliphatic carbocycles. The van der Waals surface area contributed by atoms with E-state index in [4.69, 9.17) is 4.74 Å². The smallest absolute Gasteiger partial charge is 0.312 e. The summed E-state index contributed by atoms with van der Waals surface area (Å²) in [6.45, 7) is 5.80. The van der Waals surface area contributed by atoms with Crippen LogP contribution in [0.25, 0.3) is 0 Å². The quantitative estimate of drug-likeness (QED) is 0.742. The SMILES string of the molecule is COC(=O)[C@]1(C)CC(=O)C[C@]2(C)[C@@H]3CC(C)C[C@@H](O)[C@H]3CC(=O)[C@H]21. The van der Waals surface area contributed by atoms with Crippen LogP contribution in [-0.4, -0.2) is 35.9 Å². The van der Waals surface area contributed by atoms with Crippen LogP contribution in [0.15, 0.2) is 0 Å². The number of aliphatic hydroxyl groups is 1. The number of methoxy groups -OCH3 is 1. The van der Waals surface area contributed by atoms with Crippen LogP contribution >= 0.6 is 0 Å². The number of ketones is 2. The van der Waals surface area contributed by atoms with Gasteiger partial charge in [0.2, 0.25) is 0 Å². The summed E-state index contributed by atoms with van der Waals surface area (Å²) < 4.78 is 4.97. The third-order valence-corrected chi connectivity index (χ3v) is 7.01. The fourth-order valence-electron chi connectivity index (χ4n) is 6.27. The molecule has 0 heterocycles. The highest BCUT2D eigenvalue weighted by Crippen LogP contribution is 2.62. The van der Waals surface area contributed by atoms with Crippen molar-refractivity contribution in [1.82, 2.24) is 0 Å². The zero-order valence-corrected chi connectivity index (χ0v) is 15.0. The predicted octanol–water partition coefficient (Wildman–Crippen LogP) is 2.15. The molecule has 3 saturated carbocycles. The average Bonchev–Trinajstić information content (AvgIpc) is 2.46. The van der Waals surface area contributed by atoms with E-state index < -0.39 is 28.8 Å². The van der Waals surface area contributed by atoms with Crippen LogP contribution in [0, 0.1) is 34.5 Å². The normalized spacial score (nSPS) is 48.5. The molecule has 5 nitrogen and oxygen atoms in total. The second kappa shape index (κ2) is 5.65. The monoisotopic (exact) mass is 336 g/mol. The van der Waals surface area contributed by atoms with Crippen molar-refractivity contribution in [3.05, 3.63) is 0 Å². The van der Waals surface area contributed by atoms with E-state index in [9.17, 15) is 19.5 Å². The lowest BCUT2D eigenvalue weighted by Crippen LogP contribution is -2.63. The molecule has 3 rings (SSSR count). The van der Waals surface area contributed by atoms with Gasteiger partial charge < -0.3 is 9.84 Å². The second-order valence-corrected chi connectivity index (χ2v) is 8.82. The highest BCUT2D eigenvalue weighted by molar-refractivity contribution is 5.97. The molecule has 0 aliphatic heterocycles. The Hall–Kier alpha value is -1.23. The third-order valence-electron chi connectivity index (χ3n) is 7.01. The lowest BCUT2D eigenvalue weighted by molar-refractivity contribution is -0.188. The van der Waals surface area contributed by atoms with E-state index in [-0.39, 0.29) is 29.8 Å². The van der Waals surface area contributed by atoms with Crippen molar-refractivity contribution in [3.63, 3.8) is 0 Å². The largest absolute Gasteiger partial charge is 0.469 e. The lowest BCUT2D eigenvalue weighted by atomic mass is 9.43. The molecular weight excluding hydrogens is 308 g/mol. The van der Waals surface area contributed by atoms with E-state index in [0.29, 0.717) is 25.2 Å². The van der Waals surface area contributed by atoms with E-state index in [0.717, 1.165) is 6.42 Å². The fraction of sp³-hybridized carbons (Fsp3) is 0.842. The summed E-state index contributed by atoms with van der Waals surface area (Å²) in [4.78, 5) is 38.0. The maximum atomic E-state index is 13.0. The molecule has 7 atom stereocenters. The molecule has 0 saturated heterocycles. The number of fused-ring (bicyclic) bond motifs is 3. The van der Waals surface area contributed by atoms with Crippen molar-refractivity contribution >= 4 is 17.5 Å². The van der Waals surface area contributed by atoms with Gasteiger partial charge in [-0.25, -0.2) is 0 Å². The average molecular weight is 336 g/mol. The van der Waals surface area contributed by atoms with Gasteiger partial charge in [0.15, 0.2) is 0 Å². The lowest BCUT2D eigenvalue weighted by Gasteiger charge is -2.59. The maximum Gasteiger partial charge on any atom is 0.312 e. The van der Waals surface area contributed by atoms with Gasteiger partial charge in [0.25, 0.3) is 0 Å². The number of esters is 1. The molecule has 0 spiro atoms. The third kappa shape index (κ3) is 2.35. The molecule has 0 amide bonds. The number of ether oxygens (including phenoxy) is 1. The summed E-state index contributed by atoms with van der Waals surface area (Å²) in [5.41, 5.74) is -1.67. The minimum Gasteiger partial charge on any atom is -0.469 e. The van der Waals surface area contributed by atoms with Crippen molar-refractivity contribution in [2.45, 2.75) is 59.0 Å². The highest BCUT2D eigenvalue weighted by atomic mass is 16.5. The molecule has 5 heteroatoms. The van der Waals surface area contributed by atoms with Gasteiger partial charge in [0, 0.05) is 25.2 Å². The van der Waals surface area contributed by atoms with Gasteiger partial charge in [-0.2, -0.15) is 0 Å². The van der Waals surface area contributed by atoms with Gasteiger partial charge in [-0.05, 0) is 42.9 Å². The minimum absolute atomic E-state index is 0.00718. The van der Waals surface area contributed by atoms with Crippen molar-refractivity contribution in [3.8, 4) is 0 Å². The molecule has 0 radical (unpaired) electrons. The van der Waals surface area contributed by atoms with Crippen LogP contribution < -0.4 is 0 Å². The first kappa shape index (κ1) is 17.6. The molecule has 3 aliphatic rings. The number of hydrogen-bond acceptors (Lipinski definition) is 5. The number of carbonyl (C=O) groups excluding carboxylic acids is 3. The van der Waals surface area contributed by atoms with E-state index in [2.05, 4.69) is 6.92 Å². The summed E-state index contributed by atoms with van der Waals surface area (Å²) in [7, 11) is 1.31. The van der Waals surface area contributed by atoms with E-state index in [1.165, 1.54) is 7.11 Å². The van der Waals surface area contributed by atoms with E-state index in [1.807, 2.05) is 6.92 Å². The molecule has 0 aromatic rings. The summed E-state index contributed by atoms with van der Waals surface area (Å²) in [5, 5.41) is 10.5. The number of rotatable bonds is 1. The first-order valence-corrected chi connectivity index (χ1v) is 8.94. The van der Waals surface area contributed by atoms with Crippen LogP contribution in [-0.2, 0) is 19.1 Å². The van der Waals surface area contributed by atoms with Gasteiger partial charge >= 0.3 is 5.97 Å². The van der Waals surface area contributed by atoms with Crippen LogP contribution in [0.5, 0.6) is 0 Å².